The Balaban J connectivity index is 1.32. The van der Waals surface area contributed by atoms with Gasteiger partial charge in [-0.3, -0.25) is 9.59 Å². The highest BCUT2D eigenvalue weighted by Crippen LogP contribution is 2.30. The summed E-state index contributed by atoms with van der Waals surface area (Å²) in [5, 5.41) is 18.6. The fourth-order valence-corrected chi connectivity index (χ4v) is 7.64. The van der Waals surface area contributed by atoms with E-state index in [0.29, 0.717) is 23.4 Å². The molecule has 2 heterocycles. The van der Waals surface area contributed by atoms with Crippen LogP contribution in [0.15, 0.2) is 41.8 Å². The molecule has 9 nitrogen and oxygen atoms in total. The molecular formula is C33H45ClN4O5S. The molecule has 5 rings (SSSR count). The number of carbonyl (C=O) groups excluding carboxylic acids is 3. The fraction of sp³-hybridized carbons (Fsp3) is 0.606. The van der Waals surface area contributed by atoms with E-state index in [0.717, 1.165) is 49.8 Å². The Morgan fingerprint density at radius 3 is 2.45 bits per heavy atom. The summed E-state index contributed by atoms with van der Waals surface area (Å²) in [6.07, 6.45) is 9.74. The van der Waals surface area contributed by atoms with Crippen molar-refractivity contribution in [3.8, 4) is 5.75 Å². The fourth-order valence-electron chi connectivity index (χ4n) is 6.82. The number of piperazine rings is 1. The van der Waals surface area contributed by atoms with Crippen LogP contribution in [0.4, 0.5) is 4.79 Å². The second kappa shape index (κ2) is 16.1. The Morgan fingerprint density at radius 1 is 0.977 bits per heavy atom. The number of nitrogens with zero attached hydrogens (tertiary/aromatic N) is 2. The first-order chi connectivity index (χ1) is 21.4. The molecule has 3 amide bonds. The van der Waals surface area contributed by atoms with Gasteiger partial charge in [0.2, 0.25) is 11.8 Å². The van der Waals surface area contributed by atoms with Crippen LogP contribution < -0.4 is 15.4 Å². The number of rotatable bonds is 10. The van der Waals surface area contributed by atoms with E-state index in [1.54, 1.807) is 40.5 Å². The molecule has 2 atom stereocenters. The third-order valence-corrected chi connectivity index (χ3v) is 10.6. The average Bonchev–Trinajstić information content (AvgIpc) is 3.58. The van der Waals surface area contributed by atoms with E-state index in [4.69, 9.17) is 16.3 Å². The predicted octanol–water partition coefficient (Wildman–Crippen LogP) is 5.21. The number of aliphatic hydroxyl groups is 1. The van der Waals surface area contributed by atoms with Gasteiger partial charge in [-0.25, -0.2) is 4.79 Å². The van der Waals surface area contributed by atoms with Crippen molar-refractivity contribution in [1.82, 2.24) is 20.4 Å². The number of hydrogen-bond donors (Lipinski definition) is 3. The Bertz CT molecular complexity index is 1230. The maximum absolute atomic E-state index is 14.4. The van der Waals surface area contributed by atoms with Crippen LogP contribution in [0.2, 0.25) is 5.02 Å². The van der Waals surface area contributed by atoms with Gasteiger partial charge >= 0.3 is 6.09 Å². The molecule has 0 unspecified atom stereocenters. The van der Waals surface area contributed by atoms with Crippen LogP contribution in [0.1, 0.15) is 69.1 Å². The summed E-state index contributed by atoms with van der Waals surface area (Å²) in [4.78, 5) is 45.5. The normalized spacial score (nSPS) is 23.6. The summed E-state index contributed by atoms with van der Waals surface area (Å²) >= 11 is 7.78. The number of benzene rings is 1. The Labute approximate surface area is 269 Å². The number of ether oxygens (including phenoxy) is 1. The van der Waals surface area contributed by atoms with Gasteiger partial charge in [0.05, 0.1) is 24.2 Å². The molecular weight excluding hydrogens is 600 g/mol. The van der Waals surface area contributed by atoms with Crippen molar-refractivity contribution in [3.63, 3.8) is 0 Å². The van der Waals surface area contributed by atoms with E-state index in [-0.39, 0.29) is 49.8 Å². The SMILES string of the molecule is O=C(NCc1cccs1)[C@@H]1CN(C(=O)Oc2ccccc2Cl)CCN1C(=O)[C@@H](CC1CCCCC1)NC1CCC(CO)CC1. The van der Waals surface area contributed by atoms with Crippen molar-refractivity contribution >= 4 is 40.8 Å². The van der Waals surface area contributed by atoms with Gasteiger partial charge in [0.1, 0.15) is 6.04 Å². The maximum atomic E-state index is 14.4. The van der Waals surface area contributed by atoms with Crippen LogP contribution in [0.3, 0.4) is 0 Å². The molecule has 3 N–H and O–H groups in total. The predicted molar refractivity (Wildman–Crippen MR) is 172 cm³/mol. The van der Waals surface area contributed by atoms with Crippen molar-refractivity contribution in [2.45, 2.75) is 88.9 Å². The van der Waals surface area contributed by atoms with Gasteiger partial charge in [-0.05, 0) is 67.5 Å². The van der Waals surface area contributed by atoms with Crippen LogP contribution in [0, 0.1) is 11.8 Å². The number of para-hydroxylation sites is 1. The lowest BCUT2D eigenvalue weighted by atomic mass is 9.83. The lowest BCUT2D eigenvalue weighted by molar-refractivity contribution is -0.145. The van der Waals surface area contributed by atoms with E-state index >= 15 is 0 Å². The van der Waals surface area contributed by atoms with Gasteiger partial charge in [0, 0.05) is 30.6 Å². The number of thiophene rings is 1. The first kappa shape index (κ1) is 32.7. The molecule has 44 heavy (non-hydrogen) atoms. The molecule has 2 aliphatic carbocycles. The summed E-state index contributed by atoms with van der Waals surface area (Å²) in [5.41, 5.74) is 0. The molecule has 11 heteroatoms. The number of aliphatic hydroxyl groups excluding tert-OH is 1. The number of halogens is 1. The standard InChI is InChI=1S/C33H45ClN4O5S/c34-27-10-4-5-11-30(27)43-33(42)37-16-17-38(29(21-37)31(40)35-20-26-9-6-18-44-26)32(41)28(19-23-7-2-1-3-8-23)36-25-14-12-24(22-39)13-15-25/h4-6,9-11,18,23-25,28-29,36,39H,1-3,7-8,12-17,19-22H2,(H,35,40)/t24?,25?,28-,29+/m1/s1. The van der Waals surface area contributed by atoms with Crippen molar-refractivity contribution in [1.29, 1.82) is 0 Å². The molecule has 1 aliphatic heterocycles. The van der Waals surface area contributed by atoms with Crippen molar-refractivity contribution in [2.24, 2.45) is 11.8 Å². The third kappa shape index (κ3) is 8.74. The van der Waals surface area contributed by atoms with E-state index < -0.39 is 18.2 Å². The van der Waals surface area contributed by atoms with E-state index in [2.05, 4.69) is 10.6 Å². The van der Waals surface area contributed by atoms with Gasteiger partial charge in [0.15, 0.2) is 5.75 Å². The number of amides is 3. The van der Waals surface area contributed by atoms with Crippen LogP contribution in [-0.2, 0) is 16.1 Å². The second-order valence-corrected chi connectivity index (χ2v) is 13.9. The van der Waals surface area contributed by atoms with Gasteiger partial charge < -0.3 is 30.3 Å². The van der Waals surface area contributed by atoms with Crippen molar-refractivity contribution in [3.05, 3.63) is 51.7 Å². The van der Waals surface area contributed by atoms with Crippen LogP contribution in [0.5, 0.6) is 5.75 Å². The number of hydrogen-bond acceptors (Lipinski definition) is 7. The van der Waals surface area contributed by atoms with Gasteiger partial charge in [-0.15, -0.1) is 11.3 Å². The summed E-state index contributed by atoms with van der Waals surface area (Å²) in [7, 11) is 0. The molecule has 0 spiro atoms. The molecule has 240 valence electrons. The maximum Gasteiger partial charge on any atom is 0.415 e. The molecule has 0 bridgehead atoms. The smallest absolute Gasteiger partial charge is 0.409 e. The molecule has 1 saturated heterocycles. The molecule has 0 radical (unpaired) electrons. The Kier molecular flexibility index (Phi) is 11.9. The average molecular weight is 645 g/mol. The zero-order valence-corrected chi connectivity index (χ0v) is 26.9. The summed E-state index contributed by atoms with van der Waals surface area (Å²) in [6, 6.07) is 9.61. The minimum absolute atomic E-state index is 0.0308. The number of carbonyl (C=O) groups is 3. The van der Waals surface area contributed by atoms with Crippen LogP contribution >= 0.6 is 22.9 Å². The topological polar surface area (TPSA) is 111 Å². The highest BCUT2D eigenvalue weighted by atomic mass is 35.5. The van der Waals surface area contributed by atoms with Crippen LogP contribution in [-0.4, -0.2) is 77.2 Å². The first-order valence-electron chi connectivity index (χ1n) is 16.1. The van der Waals surface area contributed by atoms with Gasteiger partial charge in [-0.1, -0.05) is 61.9 Å². The van der Waals surface area contributed by atoms with Gasteiger partial charge in [-0.2, -0.15) is 0 Å². The minimum Gasteiger partial charge on any atom is -0.409 e. The van der Waals surface area contributed by atoms with E-state index in [1.165, 1.54) is 24.2 Å². The summed E-state index contributed by atoms with van der Waals surface area (Å²) in [5.74, 6) is 0.689. The monoisotopic (exact) mass is 644 g/mol. The Hall–Kier alpha value is -2.66. The molecule has 2 saturated carbocycles. The summed E-state index contributed by atoms with van der Waals surface area (Å²) in [6.45, 7) is 1.08. The van der Waals surface area contributed by atoms with E-state index in [1.807, 2.05) is 17.5 Å². The molecule has 2 aromatic rings. The lowest BCUT2D eigenvalue weighted by Crippen LogP contribution is -2.64. The highest BCUT2D eigenvalue weighted by Gasteiger charge is 2.41. The molecule has 3 aliphatic rings. The number of nitrogens with one attached hydrogen (secondary N) is 2. The first-order valence-corrected chi connectivity index (χ1v) is 17.4. The molecule has 1 aromatic heterocycles. The second-order valence-electron chi connectivity index (χ2n) is 12.4. The highest BCUT2D eigenvalue weighted by molar-refractivity contribution is 7.09. The van der Waals surface area contributed by atoms with E-state index in [9.17, 15) is 19.5 Å². The molecule has 3 fully saturated rings. The van der Waals surface area contributed by atoms with Gasteiger partial charge in [0.25, 0.3) is 0 Å². The zero-order chi connectivity index (χ0) is 30.9. The lowest BCUT2D eigenvalue weighted by Gasteiger charge is -2.42. The minimum atomic E-state index is -0.851. The Morgan fingerprint density at radius 2 is 1.75 bits per heavy atom. The quantitative estimate of drug-likeness (QED) is 0.328. The van der Waals surface area contributed by atoms with Crippen molar-refractivity contribution in [2.75, 3.05) is 26.2 Å². The van der Waals surface area contributed by atoms with Crippen molar-refractivity contribution < 1.29 is 24.2 Å². The zero-order valence-electron chi connectivity index (χ0n) is 25.3. The summed E-state index contributed by atoms with van der Waals surface area (Å²) < 4.78 is 5.59. The third-order valence-electron chi connectivity index (χ3n) is 9.41. The largest absolute Gasteiger partial charge is 0.415 e. The molecule has 1 aromatic carbocycles. The van der Waals surface area contributed by atoms with Crippen LogP contribution in [0.25, 0.3) is 0 Å².